The van der Waals surface area contributed by atoms with Gasteiger partial charge in [0.25, 0.3) is 0 Å². The molecule has 106 valence electrons. The lowest BCUT2D eigenvalue weighted by atomic mass is 10.0. The third kappa shape index (κ3) is 2.61. The van der Waals surface area contributed by atoms with Crippen molar-refractivity contribution < 1.29 is 0 Å². The molecule has 1 N–H and O–H groups in total. The summed E-state index contributed by atoms with van der Waals surface area (Å²) < 4.78 is 0. The number of aryl methyl sites for hydroxylation is 1. The molecule has 1 aliphatic rings. The molecule has 4 heteroatoms. The van der Waals surface area contributed by atoms with Gasteiger partial charge in [-0.05, 0) is 49.3 Å². The Morgan fingerprint density at radius 1 is 1.45 bits per heavy atom. The number of hydrogen-bond donors (Lipinski definition) is 1. The number of pyridine rings is 1. The molecule has 2 atom stereocenters. The predicted octanol–water partition coefficient (Wildman–Crippen LogP) is 4.89. The van der Waals surface area contributed by atoms with Crippen molar-refractivity contribution in [2.45, 2.75) is 38.0 Å². The van der Waals surface area contributed by atoms with Gasteiger partial charge >= 0.3 is 0 Å². The number of nitrogens with zero attached hydrogens (tertiary/aromatic N) is 1. The van der Waals surface area contributed by atoms with Gasteiger partial charge in [-0.3, -0.25) is 4.98 Å². The van der Waals surface area contributed by atoms with Crippen LogP contribution in [0.25, 0.3) is 10.9 Å². The van der Waals surface area contributed by atoms with E-state index in [0.29, 0.717) is 11.3 Å². The Morgan fingerprint density at radius 3 is 3.10 bits per heavy atom. The average molecular weight is 307 g/mol. The molecule has 1 aliphatic heterocycles. The zero-order valence-electron chi connectivity index (χ0n) is 11.8. The normalized spacial score (nSPS) is 22.9. The average Bonchev–Trinajstić information content (AvgIpc) is 2.45. The summed E-state index contributed by atoms with van der Waals surface area (Å²) in [5, 5.41) is 6.22. The molecule has 0 aliphatic carbocycles. The predicted molar refractivity (Wildman–Crippen MR) is 90.1 cm³/mol. The summed E-state index contributed by atoms with van der Waals surface area (Å²) in [6, 6.07) is 6.57. The molecular weight excluding hydrogens is 288 g/mol. The van der Waals surface area contributed by atoms with Crippen molar-refractivity contribution in [3.8, 4) is 0 Å². The Bertz CT molecular complexity index is 629. The van der Waals surface area contributed by atoms with Crippen LogP contribution < -0.4 is 5.32 Å². The first-order valence-electron chi connectivity index (χ1n) is 7.09. The molecule has 3 rings (SSSR count). The minimum atomic E-state index is 0.484. The highest BCUT2D eigenvalue weighted by atomic mass is 35.5. The molecular formula is C16H19ClN2S. The Hall–Kier alpha value is -0.930. The molecule has 2 heterocycles. The summed E-state index contributed by atoms with van der Waals surface area (Å²) in [5.74, 6) is 1.27. The first-order valence-corrected chi connectivity index (χ1v) is 8.51. The van der Waals surface area contributed by atoms with E-state index in [1.54, 1.807) is 0 Å². The molecule has 0 amide bonds. The number of rotatable bonds is 2. The summed E-state index contributed by atoms with van der Waals surface area (Å²) in [6.07, 6.45) is 4.32. The van der Waals surface area contributed by atoms with Crippen LogP contribution in [0.1, 0.15) is 25.3 Å². The van der Waals surface area contributed by atoms with Gasteiger partial charge in [-0.15, -0.1) is 0 Å². The van der Waals surface area contributed by atoms with Gasteiger partial charge in [0, 0.05) is 22.9 Å². The Labute approximate surface area is 129 Å². The van der Waals surface area contributed by atoms with Crippen LogP contribution in [0.15, 0.2) is 24.4 Å². The molecule has 2 aromatic rings. The van der Waals surface area contributed by atoms with Gasteiger partial charge in [0.1, 0.15) is 0 Å². The molecule has 2 unspecified atom stereocenters. The number of hydrogen-bond acceptors (Lipinski definition) is 3. The van der Waals surface area contributed by atoms with Crippen LogP contribution in [0.4, 0.5) is 5.69 Å². The zero-order valence-corrected chi connectivity index (χ0v) is 13.4. The number of halogens is 1. The molecule has 0 spiro atoms. The van der Waals surface area contributed by atoms with Crippen molar-refractivity contribution in [1.82, 2.24) is 4.98 Å². The van der Waals surface area contributed by atoms with Crippen molar-refractivity contribution in [3.63, 3.8) is 0 Å². The Kier molecular flexibility index (Phi) is 4.08. The van der Waals surface area contributed by atoms with E-state index in [-0.39, 0.29) is 0 Å². The SMILES string of the molecule is Cc1cc(Cl)c(NC2CCCSC2C)c2cccnc12. The van der Waals surface area contributed by atoms with Crippen molar-refractivity contribution in [2.75, 3.05) is 11.1 Å². The first kappa shape index (κ1) is 14.0. The highest BCUT2D eigenvalue weighted by Crippen LogP contribution is 2.35. The van der Waals surface area contributed by atoms with E-state index in [4.69, 9.17) is 11.6 Å². The summed E-state index contributed by atoms with van der Waals surface area (Å²) >= 11 is 8.52. The van der Waals surface area contributed by atoms with Crippen molar-refractivity contribution >= 4 is 40.0 Å². The van der Waals surface area contributed by atoms with E-state index < -0.39 is 0 Å². The lowest BCUT2D eigenvalue weighted by molar-refractivity contribution is 0.618. The van der Waals surface area contributed by atoms with Crippen LogP contribution >= 0.6 is 23.4 Å². The molecule has 0 bridgehead atoms. The van der Waals surface area contributed by atoms with E-state index >= 15 is 0 Å². The second-order valence-electron chi connectivity index (χ2n) is 5.42. The maximum Gasteiger partial charge on any atom is 0.0752 e. The molecule has 0 radical (unpaired) electrons. The molecule has 1 fully saturated rings. The van der Waals surface area contributed by atoms with Gasteiger partial charge < -0.3 is 5.32 Å². The standard InChI is InChI=1S/C16H19ClN2S/c1-10-9-13(17)16(12-5-3-7-18-15(10)12)19-14-6-4-8-20-11(14)2/h3,5,7,9,11,14,19H,4,6,8H2,1-2H3. The number of anilines is 1. The molecule has 2 nitrogen and oxygen atoms in total. The summed E-state index contributed by atoms with van der Waals surface area (Å²) in [6.45, 7) is 4.36. The van der Waals surface area contributed by atoms with Gasteiger partial charge in [-0.2, -0.15) is 11.8 Å². The fraction of sp³-hybridized carbons (Fsp3) is 0.438. The quantitative estimate of drug-likeness (QED) is 0.855. The van der Waals surface area contributed by atoms with Crippen LogP contribution in [0, 0.1) is 6.92 Å². The van der Waals surface area contributed by atoms with Crippen LogP contribution in [-0.2, 0) is 0 Å². The van der Waals surface area contributed by atoms with Gasteiger partial charge in [0.15, 0.2) is 0 Å². The van der Waals surface area contributed by atoms with Crippen molar-refractivity contribution in [3.05, 3.63) is 35.0 Å². The molecule has 1 aromatic carbocycles. The Balaban J connectivity index is 2.02. The second kappa shape index (κ2) is 5.82. The minimum absolute atomic E-state index is 0.484. The first-order chi connectivity index (χ1) is 9.66. The van der Waals surface area contributed by atoms with Gasteiger partial charge in [0.05, 0.1) is 16.2 Å². The largest absolute Gasteiger partial charge is 0.379 e. The number of thioether (sulfide) groups is 1. The zero-order chi connectivity index (χ0) is 14.1. The second-order valence-corrected chi connectivity index (χ2v) is 7.31. The number of fused-ring (bicyclic) bond motifs is 1. The fourth-order valence-electron chi connectivity index (χ4n) is 2.83. The lowest BCUT2D eigenvalue weighted by Crippen LogP contribution is -2.33. The van der Waals surface area contributed by atoms with Crippen LogP contribution in [0.5, 0.6) is 0 Å². The van der Waals surface area contributed by atoms with E-state index in [0.717, 1.165) is 27.2 Å². The van der Waals surface area contributed by atoms with E-state index in [2.05, 4.69) is 30.2 Å². The number of benzene rings is 1. The smallest absolute Gasteiger partial charge is 0.0752 e. The van der Waals surface area contributed by atoms with Crippen LogP contribution in [0.3, 0.4) is 0 Å². The highest BCUT2D eigenvalue weighted by molar-refractivity contribution is 8.00. The molecule has 1 saturated heterocycles. The maximum atomic E-state index is 6.48. The van der Waals surface area contributed by atoms with E-state index in [1.807, 2.05) is 30.1 Å². The molecule has 0 saturated carbocycles. The third-order valence-electron chi connectivity index (χ3n) is 3.97. The van der Waals surface area contributed by atoms with Crippen LogP contribution in [0.2, 0.25) is 5.02 Å². The van der Waals surface area contributed by atoms with Gasteiger partial charge in [0.2, 0.25) is 0 Å². The van der Waals surface area contributed by atoms with Gasteiger partial charge in [-0.1, -0.05) is 18.5 Å². The Morgan fingerprint density at radius 2 is 2.30 bits per heavy atom. The maximum absolute atomic E-state index is 6.48. The van der Waals surface area contributed by atoms with Crippen molar-refractivity contribution in [1.29, 1.82) is 0 Å². The third-order valence-corrected chi connectivity index (χ3v) is 5.65. The summed E-state index contributed by atoms with van der Waals surface area (Å²) in [5.41, 5.74) is 3.21. The van der Waals surface area contributed by atoms with Crippen molar-refractivity contribution in [2.24, 2.45) is 0 Å². The van der Waals surface area contributed by atoms with E-state index in [9.17, 15) is 0 Å². The highest BCUT2D eigenvalue weighted by Gasteiger charge is 2.23. The van der Waals surface area contributed by atoms with Gasteiger partial charge in [-0.25, -0.2) is 0 Å². The lowest BCUT2D eigenvalue weighted by Gasteiger charge is -2.30. The number of aromatic nitrogens is 1. The van der Waals surface area contributed by atoms with Crippen LogP contribution in [-0.4, -0.2) is 22.0 Å². The summed E-state index contributed by atoms with van der Waals surface area (Å²) in [4.78, 5) is 4.49. The molecule has 1 aromatic heterocycles. The monoisotopic (exact) mass is 306 g/mol. The number of nitrogens with one attached hydrogen (secondary N) is 1. The van der Waals surface area contributed by atoms with E-state index in [1.165, 1.54) is 18.6 Å². The topological polar surface area (TPSA) is 24.9 Å². The fourth-order valence-corrected chi connectivity index (χ4v) is 4.29. The minimum Gasteiger partial charge on any atom is -0.379 e. The summed E-state index contributed by atoms with van der Waals surface area (Å²) in [7, 11) is 0. The molecule has 20 heavy (non-hydrogen) atoms.